The van der Waals surface area contributed by atoms with E-state index in [1.807, 2.05) is 19.1 Å². The molecule has 0 aliphatic heterocycles. The van der Waals surface area contributed by atoms with E-state index in [9.17, 15) is 4.79 Å². The Morgan fingerprint density at radius 3 is 2.94 bits per heavy atom. The predicted octanol–water partition coefficient (Wildman–Crippen LogP) is 2.73. The Labute approximate surface area is 104 Å². The molecule has 3 nitrogen and oxygen atoms in total. The van der Waals surface area contributed by atoms with Crippen molar-refractivity contribution in [2.75, 3.05) is 12.3 Å². The summed E-state index contributed by atoms with van der Waals surface area (Å²) in [7, 11) is 0. The molecule has 1 rings (SSSR count). The van der Waals surface area contributed by atoms with Crippen LogP contribution in [-0.2, 0) is 0 Å². The van der Waals surface area contributed by atoms with E-state index in [4.69, 9.17) is 5.73 Å². The lowest BCUT2D eigenvalue weighted by Gasteiger charge is -2.05. The van der Waals surface area contributed by atoms with Gasteiger partial charge in [-0.05, 0) is 47.5 Å². The highest BCUT2D eigenvalue weighted by molar-refractivity contribution is 9.10. The van der Waals surface area contributed by atoms with E-state index < -0.39 is 0 Å². The van der Waals surface area contributed by atoms with Crippen molar-refractivity contribution in [1.29, 1.82) is 0 Å². The quantitative estimate of drug-likeness (QED) is 0.507. The van der Waals surface area contributed by atoms with E-state index in [1.165, 1.54) is 0 Å². The summed E-state index contributed by atoms with van der Waals surface area (Å²) < 4.78 is 0.744. The van der Waals surface area contributed by atoms with Gasteiger partial charge in [0.2, 0.25) is 0 Å². The Kier molecular flexibility index (Phi) is 5.05. The average Bonchev–Trinajstić information content (AvgIpc) is 2.28. The molecule has 0 aliphatic carbocycles. The number of hydrogen-bond donors (Lipinski definition) is 2. The molecule has 0 bridgehead atoms. The lowest BCUT2D eigenvalue weighted by atomic mass is 10.2. The van der Waals surface area contributed by atoms with Gasteiger partial charge < -0.3 is 11.1 Å². The fraction of sp³-hybridized carbons (Fsp3) is 0.250. The van der Waals surface area contributed by atoms with Gasteiger partial charge >= 0.3 is 0 Å². The van der Waals surface area contributed by atoms with Gasteiger partial charge in [-0.25, -0.2) is 0 Å². The number of benzene rings is 1. The first-order valence-corrected chi connectivity index (χ1v) is 5.89. The van der Waals surface area contributed by atoms with Gasteiger partial charge in [-0.15, -0.1) is 0 Å². The van der Waals surface area contributed by atoms with E-state index in [0.717, 1.165) is 10.9 Å². The molecule has 1 aromatic rings. The Morgan fingerprint density at radius 1 is 1.56 bits per heavy atom. The summed E-state index contributed by atoms with van der Waals surface area (Å²) in [6.07, 6.45) is 4.82. The van der Waals surface area contributed by atoms with Gasteiger partial charge in [0, 0.05) is 22.3 Å². The third-order valence-corrected chi connectivity index (χ3v) is 2.78. The van der Waals surface area contributed by atoms with Crippen LogP contribution in [0.5, 0.6) is 0 Å². The van der Waals surface area contributed by atoms with Crippen LogP contribution >= 0.6 is 15.9 Å². The minimum Gasteiger partial charge on any atom is -0.398 e. The first-order valence-electron chi connectivity index (χ1n) is 5.09. The molecule has 4 heteroatoms. The van der Waals surface area contributed by atoms with Crippen LogP contribution in [0.15, 0.2) is 34.8 Å². The molecule has 0 saturated carbocycles. The summed E-state index contributed by atoms with van der Waals surface area (Å²) >= 11 is 3.29. The summed E-state index contributed by atoms with van der Waals surface area (Å²) in [6.45, 7) is 2.60. The average molecular weight is 283 g/mol. The maximum absolute atomic E-state index is 11.7. The molecule has 0 aliphatic rings. The minimum absolute atomic E-state index is 0.0785. The fourth-order valence-electron chi connectivity index (χ4n) is 1.21. The van der Waals surface area contributed by atoms with Crippen LogP contribution in [0, 0.1) is 0 Å². The molecular formula is C12H15BrN2O. The molecule has 0 spiro atoms. The second-order valence-electron chi connectivity index (χ2n) is 3.35. The normalized spacial score (nSPS) is 10.6. The van der Waals surface area contributed by atoms with Crippen molar-refractivity contribution in [3.63, 3.8) is 0 Å². The van der Waals surface area contributed by atoms with Crippen LogP contribution in [0.3, 0.4) is 0 Å². The van der Waals surface area contributed by atoms with Gasteiger partial charge in [0.25, 0.3) is 5.91 Å². The highest BCUT2D eigenvalue weighted by atomic mass is 79.9. The third kappa shape index (κ3) is 3.70. The zero-order valence-corrected chi connectivity index (χ0v) is 10.8. The molecule has 3 N–H and O–H groups in total. The lowest BCUT2D eigenvalue weighted by Crippen LogP contribution is -2.24. The van der Waals surface area contributed by atoms with Gasteiger partial charge in [0.1, 0.15) is 0 Å². The molecule has 0 heterocycles. The van der Waals surface area contributed by atoms with Crippen molar-refractivity contribution in [3.05, 3.63) is 40.4 Å². The topological polar surface area (TPSA) is 55.1 Å². The minimum atomic E-state index is -0.0785. The number of carbonyl (C=O) groups is 1. The van der Waals surface area contributed by atoms with E-state index in [-0.39, 0.29) is 5.91 Å². The van der Waals surface area contributed by atoms with Crippen LogP contribution in [-0.4, -0.2) is 12.5 Å². The fourth-order valence-corrected chi connectivity index (χ4v) is 1.58. The van der Waals surface area contributed by atoms with Crippen molar-refractivity contribution in [2.24, 2.45) is 0 Å². The number of halogens is 1. The van der Waals surface area contributed by atoms with Gasteiger partial charge in [0.05, 0.1) is 0 Å². The van der Waals surface area contributed by atoms with Crippen molar-refractivity contribution >= 4 is 27.5 Å². The number of allylic oxidation sites excluding steroid dienone is 1. The van der Waals surface area contributed by atoms with E-state index >= 15 is 0 Å². The SMILES string of the molecule is C/C=C/CCNC(=O)c1ccc(N)c(Br)c1. The number of carbonyl (C=O) groups excluding carboxylic acids is 1. The Bertz CT molecular complexity index is 402. The van der Waals surface area contributed by atoms with Gasteiger partial charge in [-0.3, -0.25) is 4.79 Å². The van der Waals surface area contributed by atoms with E-state index in [0.29, 0.717) is 17.8 Å². The number of nitrogens with two attached hydrogens (primary N) is 1. The number of hydrogen-bond acceptors (Lipinski definition) is 2. The first-order chi connectivity index (χ1) is 7.65. The molecular weight excluding hydrogens is 268 g/mol. The van der Waals surface area contributed by atoms with Crippen LogP contribution in [0.25, 0.3) is 0 Å². The maximum Gasteiger partial charge on any atom is 0.251 e. The highest BCUT2D eigenvalue weighted by Crippen LogP contribution is 2.20. The predicted molar refractivity (Wildman–Crippen MR) is 70.3 cm³/mol. The zero-order chi connectivity index (χ0) is 12.0. The van der Waals surface area contributed by atoms with E-state index in [2.05, 4.69) is 21.2 Å². The molecule has 1 aromatic carbocycles. The van der Waals surface area contributed by atoms with Crippen LogP contribution < -0.4 is 11.1 Å². The number of anilines is 1. The molecule has 0 aromatic heterocycles. The maximum atomic E-state index is 11.7. The van der Waals surface area contributed by atoms with Crippen molar-refractivity contribution < 1.29 is 4.79 Å². The zero-order valence-electron chi connectivity index (χ0n) is 9.16. The summed E-state index contributed by atoms with van der Waals surface area (Å²) in [5.74, 6) is -0.0785. The van der Waals surface area contributed by atoms with Crippen LogP contribution in [0.4, 0.5) is 5.69 Å². The van der Waals surface area contributed by atoms with Crippen molar-refractivity contribution in [2.45, 2.75) is 13.3 Å². The summed E-state index contributed by atoms with van der Waals surface area (Å²) in [5.41, 5.74) is 6.88. The second-order valence-corrected chi connectivity index (χ2v) is 4.20. The molecule has 0 fully saturated rings. The molecule has 0 radical (unpaired) electrons. The molecule has 86 valence electrons. The largest absolute Gasteiger partial charge is 0.398 e. The number of rotatable bonds is 4. The molecule has 0 atom stereocenters. The second kappa shape index (κ2) is 6.33. The molecule has 16 heavy (non-hydrogen) atoms. The van der Waals surface area contributed by atoms with Crippen molar-refractivity contribution in [1.82, 2.24) is 5.32 Å². The van der Waals surface area contributed by atoms with Crippen LogP contribution in [0.2, 0.25) is 0 Å². The van der Waals surface area contributed by atoms with Crippen molar-refractivity contribution in [3.8, 4) is 0 Å². The number of amides is 1. The number of nitrogens with one attached hydrogen (secondary N) is 1. The van der Waals surface area contributed by atoms with Crippen LogP contribution in [0.1, 0.15) is 23.7 Å². The van der Waals surface area contributed by atoms with E-state index in [1.54, 1.807) is 18.2 Å². The Hall–Kier alpha value is -1.29. The summed E-state index contributed by atoms with van der Waals surface area (Å²) in [4.78, 5) is 11.7. The standard InChI is InChI=1S/C12H15BrN2O/c1-2-3-4-7-15-12(16)9-5-6-11(14)10(13)8-9/h2-3,5-6,8H,4,7,14H2,1H3,(H,15,16)/b3-2+. The van der Waals surface area contributed by atoms with Gasteiger partial charge in [-0.1, -0.05) is 12.2 Å². The summed E-state index contributed by atoms with van der Waals surface area (Å²) in [6, 6.07) is 5.15. The highest BCUT2D eigenvalue weighted by Gasteiger charge is 2.05. The Morgan fingerprint density at radius 2 is 2.31 bits per heavy atom. The Balaban J connectivity index is 2.56. The molecule has 1 amide bonds. The monoisotopic (exact) mass is 282 g/mol. The first kappa shape index (κ1) is 12.8. The lowest BCUT2D eigenvalue weighted by molar-refractivity contribution is 0.0954. The summed E-state index contributed by atoms with van der Waals surface area (Å²) in [5, 5.41) is 2.83. The molecule has 0 saturated heterocycles. The van der Waals surface area contributed by atoms with Gasteiger partial charge in [0.15, 0.2) is 0 Å². The third-order valence-electron chi connectivity index (χ3n) is 2.09. The molecule has 0 unspecified atom stereocenters. The number of nitrogen functional groups attached to an aromatic ring is 1. The smallest absolute Gasteiger partial charge is 0.251 e. The van der Waals surface area contributed by atoms with Gasteiger partial charge in [-0.2, -0.15) is 0 Å².